The first-order valence-corrected chi connectivity index (χ1v) is 11.8. The minimum absolute atomic E-state index is 0.0441. The molecule has 0 aliphatic carbocycles. The predicted molar refractivity (Wildman–Crippen MR) is 135 cm³/mol. The van der Waals surface area contributed by atoms with Crippen LogP contribution in [0.3, 0.4) is 0 Å². The first-order chi connectivity index (χ1) is 15.9. The average Bonchev–Trinajstić information content (AvgIpc) is 2.76. The standard InChI is InChI=1S/C28H37NO5/c1-8-9-18(21-12-10-19(15-24(21)34-7)26(31)17(2)3)16-25(30)29-23-14-20(27(32)33)11-13-22(23)28(4,5)6/h10-15,17-18H,8-9,16H2,1-7H3,(H,29,30)(H,32,33). The lowest BCUT2D eigenvalue weighted by atomic mass is 9.85. The summed E-state index contributed by atoms with van der Waals surface area (Å²) in [5, 5.41) is 12.4. The Morgan fingerprint density at radius 1 is 1.03 bits per heavy atom. The number of aromatic carboxylic acids is 1. The van der Waals surface area contributed by atoms with Crippen LogP contribution in [-0.2, 0) is 10.2 Å². The van der Waals surface area contributed by atoms with Gasteiger partial charge in [-0.1, -0.05) is 66.2 Å². The first kappa shape index (κ1) is 27.1. The second-order valence-electron chi connectivity index (χ2n) is 10.0. The summed E-state index contributed by atoms with van der Waals surface area (Å²) in [4.78, 5) is 37.1. The third kappa shape index (κ3) is 6.69. The molecule has 0 heterocycles. The molecule has 0 bridgehead atoms. The van der Waals surface area contributed by atoms with Crippen molar-refractivity contribution in [2.24, 2.45) is 5.92 Å². The number of ketones is 1. The summed E-state index contributed by atoms with van der Waals surface area (Å²) in [6.45, 7) is 11.8. The summed E-state index contributed by atoms with van der Waals surface area (Å²) in [7, 11) is 1.57. The van der Waals surface area contributed by atoms with E-state index in [4.69, 9.17) is 4.74 Å². The van der Waals surface area contributed by atoms with Gasteiger partial charge in [-0.2, -0.15) is 0 Å². The van der Waals surface area contributed by atoms with E-state index < -0.39 is 5.97 Å². The van der Waals surface area contributed by atoms with E-state index >= 15 is 0 Å². The molecule has 2 rings (SSSR count). The maximum atomic E-state index is 13.1. The SMILES string of the molecule is CCCC(CC(=O)Nc1cc(C(=O)O)ccc1C(C)(C)C)c1ccc(C(=O)C(C)C)cc1OC. The van der Waals surface area contributed by atoms with Gasteiger partial charge in [0.25, 0.3) is 0 Å². The van der Waals surface area contributed by atoms with E-state index in [1.807, 2.05) is 40.7 Å². The average molecular weight is 468 g/mol. The van der Waals surface area contributed by atoms with Gasteiger partial charge >= 0.3 is 5.97 Å². The molecule has 0 radical (unpaired) electrons. The van der Waals surface area contributed by atoms with Crippen molar-refractivity contribution in [3.63, 3.8) is 0 Å². The molecule has 0 aliphatic heterocycles. The topological polar surface area (TPSA) is 92.7 Å². The minimum atomic E-state index is -1.04. The van der Waals surface area contributed by atoms with Crippen LogP contribution in [0.15, 0.2) is 36.4 Å². The van der Waals surface area contributed by atoms with E-state index in [1.165, 1.54) is 6.07 Å². The summed E-state index contributed by atoms with van der Waals surface area (Å²) in [5.41, 5.74) is 2.71. The summed E-state index contributed by atoms with van der Waals surface area (Å²) >= 11 is 0. The van der Waals surface area contributed by atoms with Crippen molar-refractivity contribution in [3.8, 4) is 5.75 Å². The van der Waals surface area contributed by atoms with E-state index in [0.717, 1.165) is 24.0 Å². The van der Waals surface area contributed by atoms with Crippen LogP contribution >= 0.6 is 0 Å². The lowest BCUT2D eigenvalue weighted by molar-refractivity contribution is -0.116. The fraction of sp³-hybridized carbons (Fsp3) is 0.464. The third-order valence-electron chi connectivity index (χ3n) is 5.90. The first-order valence-electron chi connectivity index (χ1n) is 11.8. The van der Waals surface area contributed by atoms with Crippen molar-refractivity contribution in [2.75, 3.05) is 12.4 Å². The lowest BCUT2D eigenvalue weighted by Crippen LogP contribution is -2.21. The number of carboxylic acid groups (broad SMARTS) is 1. The fourth-order valence-electron chi connectivity index (χ4n) is 4.11. The van der Waals surface area contributed by atoms with Gasteiger partial charge in [0.2, 0.25) is 5.91 Å². The Labute approximate surface area is 202 Å². The molecule has 6 heteroatoms. The molecule has 2 N–H and O–H groups in total. The molecular formula is C28H37NO5. The number of Topliss-reactive ketones (excluding diaryl/α,β-unsaturated/α-hetero) is 1. The number of amides is 1. The molecule has 6 nitrogen and oxygen atoms in total. The van der Waals surface area contributed by atoms with Gasteiger partial charge in [-0.25, -0.2) is 4.79 Å². The molecule has 1 amide bonds. The molecule has 2 aromatic carbocycles. The molecule has 0 saturated carbocycles. The van der Waals surface area contributed by atoms with Crippen LogP contribution < -0.4 is 10.1 Å². The molecule has 0 aliphatic rings. The number of rotatable bonds is 10. The number of methoxy groups -OCH3 is 1. The number of benzene rings is 2. The highest BCUT2D eigenvalue weighted by Gasteiger charge is 2.24. The van der Waals surface area contributed by atoms with Crippen LogP contribution in [0.4, 0.5) is 5.69 Å². The van der Waals surface area contributed by atoms with E-state index in [0.29, 0.717) is 17.0 Å². The highest BCUT2D eigenvalue weighted by atomic mass is 16.5. The quantitative estimate of drug-likeness (QED) is 0.392. The van der Waals surface area contributed by atoms with Crippen LogP contribution in [0, 0.1) is 5.92 Å². The van der Waals surface area contributed by atoms with Crippen molar-refractivity contribution in [1.29, 1.82) is 0 Å². The second-order valence-corrected chi connectivity index (χ2v) is 10.0. The van der Waals surface area contributed by atoms with Gasteiger partial charge in [-0.05, 0) is 47.1 Å². The largest absolute Gasteiger partial charge is 0.496 e. The van der Waals surface area contributed by atoms with E-state index in [1.54, 1.807) is 31.4 Å². The fourth-order valence-corrected chi connectivity index (χ4v) is 4.11. The Hall–Kier alpha value is -3.15. The van der Waals surface area contributed by atoms with Crippen LogP contribution in [0.5, 0.6) is 5.75 Å². The maximum Gasteiger partial charge on any atom is 0.335 e. The number of anilines is 1. The molecule has 184 valence electrons. The number of carbonyl (C=O) groups is 3. The summed E-state index contributed by atoms with van der Waals surface area (Å²) in [6, 6.07) is 10.3. The van der Waals surface area contributed by atoms with Crippen molar-refractivity contribution in [2.45, 2.75) is 72.1 Å². The molecule has 2 aromatic rings. The molecular weight excluding hydrogens is 430 g/mol. The maximum absolute atomic E-state index is 13.1. The molecule has 0 saturated heterocycles. The number of carbonyl (C=O) groups excluding carboxylic acids is 2. The van der Waals surface area contributed by atoms with Gasteiger partial charge in [-0.3, -0.25) is 9.59 Å². The number of nitrogens with one attached hydrogen (secondary N) is 1. The highest BCUT2D eigenvalue weighted by Crippen LogP contribution is 2.35. The Bertz CT molecular complexity index is 1050. The van der Waals surface area contributed by atoms with Gasteiger partial charge in [0.05, 0.1) is 12.7 Å². The van der Waals surface area contributed by atoms with Crippen LogP contribution in [-0.4, -0.2) is 29.9 Å². The molecule has 0 spiro atoms. The number of ether oxygens (including phenoxy) is 1. The van der Waals surface area contributed by atoms with Gasteiger partial charge in [0, 0.05) is 23.6 Å². The Morgan fingerprint density at radius 2 is 1.68 bits per heavy atom. The normalized spacial score (nSPS) is 12.4. The molecule has 1 unspecified atom stereocenters. The summed E-state index contributed by atoms with van der Waals surface area (Å²) < 4.78 is 5.60. The van der Waals surface area contributed by atoms with E-state index in [2.05, 4.69) is 12.2 Å². The second kappa shape index (κ2) is 11.3. The highest BCUT2D eigenvalue weighted by molar-refractivity contribution is 5.98. The number of hydrogen-bond donors (Lipinski definition) is 2. The van der Waals surface area contributed by atoms with Crippen LogP contribution in [0.1, 0.15) is 98.6 Å². The monoisotopic (exact) mass is 467 g/mol. The Kier molecular flexibility index (Phi) is 9.02. The Morgan fingerprint density at radius 3 is 2.21 bits per heavy atom. The zero-order valence-electron chi connectivity index (χ0n) is 21.3. The van der Waals surface area contributed by atoms with Gasteiger partial charge in [0.1, 0.15) is 5.75 Å². The zero-order valence-corrected chi connectivity index (χ0v) is 21.3. The smallest absolute Gasteiger partial charge is 0.335 e. The van der Waals surface area contributed by atoms with Crippen LogP contribution in [0.2, 0.25) is 0 Å². The lowest BCUT2D eigenvalue weighted by Gasteiger charge is -2.24. The number of carboxylic acids is 1. The molecule has 1 atom stereocenters. The van der Waals surface area contributed by atoms with Crippen LogP contribution in [0.25, 0.3) is 0 Å². The van der Waals surface area contributed by atoms with Crippen molar-refractivity contribution < 1.29 is 24.2 Å². The van der Waals surface area contributed by atoms with Gasteiger partial charge in [-0.15, -0.1) is 0 Å². The summed E-state index contributed by atoms with van der Waals surface area (Å²) in [5.74, 6) is -0.824. The van der Waals surface area contributed by atoms with Crippen molar-refractivity contribution >= 4 is 23.3 Å². The molecule has 0 aromatic heterocycles. The molecule has 34 heavy (non-hydrogen) atoms. The van der Waals surface area contributed by atoms with Crippen molar-refractivity contribution in [3.05, 3.63) is 58.7 Å². The minimum Gasteiger partial charge on any atom is -0.496 e. The van der Waals surface area contributed by atoms with Gasteiger partial charge in [0.15, 0.2) is 5.78 Å². The Balaban J connectivity index is 2.36. The van der Waals surface area contributed by atoms with E-state index in [9.17, 15) is 19.5 Å². The van der Waals surface area contributed by atoms with E-state index in [-0.39, 0.29) is 40.9 Å². The third-order valence-corrected chi connectivity index (χ3v) is 5.90. The predicted octanol–water partition coefficient (Wildman–Crippen LogP) is 6.44. The molecule has 0 fully saturated rings. The van der Waals surface area contributed by atoms with Crippen molar-refractivity contribution in [1.82, 2.24) is 0 Å². The zero-order chi connectivity index (χ0) is 25.6. The summed E-state index contributed by atoms with van der Waals surface area (Å²) in [6.07, 6.45) is 1.85. The number of hydrogen-bond acceptors (Lipinski definition) is 4. The van der Waals surface area contributed by atoms with Gasteiger partial charge < -0.3 is 15.2 Å².